The molecule has 21 heavy (non-hydrogen) atoms. The standard InChI is InChI=1S/C14H20FN5.ClH/c15-11-6-2-1-4-9(11)8-10-5-3-7-12(10)19-14(18)20-13(16)17;/h1-2,4,6,10,12H,3,5,7-8H2,(H6,16,17,18,19,20);1H. The number of aliphatic imine (C=N–C) groups is 2. The van der Waals surface area contributed by atoms with E-state index in [0.717, 1.165) is 24.8 Å². The molecule has 2 rings (SSSR count). The molecule has 1 aliphatic rings. The Kier molecular flexibility index (Phi) is 6.42. The molecule has 1 aromatic carbocycles. The molecule has 5 nitrogen and oxygen atoms in total. The highest BCUT2D eigenvalue weighted by Crippen LogP contribution is 2.31. The Morgan fingerprint density at radius 2 is 1.90 bits per heavy atom. The van der Waals surface area contributed by atoms with Crippen molar-refractivity contribution in [3.05, 3.63) is 35.6 Å². The molecular weight excluding hydrogens is 293 g/mol. The van der Waals surface area contributed by atoms with Crippen molar-refractivity contribution in [2.24, 2.45) is 33.1 Å². The molecule has 116 valence electrons. The van der Waals surface area contributed by atoms with E-state index in [1.165, 1.54) is 6.07 Å². The van der Waals surface area contributed by atoms with Gasteiger partial charge in [-0.2, -0.15) is 4.99 Å². The number of rotatable bonds is 3. The van der Waals surface area contributed by atoms with Gasteiger partial charge in [-0.1, -0.05) is 24.6 Å². The molecule has 0 aromatic heterocycles. The Morgan fingerprint density at radius 3 is 2.57 bits per heavy atom. The number of guanidine groups is 2. The Balaban J connectivity index is 0.00000220. The maximum Gasteiger partial charge on any atom is 0.218 e. The molecule has 1 saturated carbocycles. The van der Waals surface area contributed by atoms with Gasteiger partial charge in [0.15, 0.2) is 5.96 Å². The highest BCUT2D eigenvalue weighted by Gasteiger charge is 2.28. The molecule has 1 aromatic rings. The largest absolute Gasteiger partial charge is 0.370 e. The monoisotopic (exact) mass is 313 g/mol. The second kappa shape index (κ2) is 7.83. The second-order valence-electron chi connectivity index (χ2n) is 5.08. The van der Waals surface area contributed by atoms with Crippen LogP contribution in [0.15, 0.2) is 34.3 Å². The highest BCUT2D eigenvalue weighted by molar-refractivity contribution is 5.92. The summed E-state index contributed by atoms with van der Waals surface area (Å²) in [6.07, 6.45) is 3.66. The van der Waals surface area contributed by atoms with Gasteiger partial charge in [0.05, 0.1) is 6.04 Å². The fraction of sp³-hybridized carbons (Fsp3) is 0.429. The minimum Gasteiger partial charge on any atom is -0.370 e. The Labute approximate surface area is 129 Å². The van der Waals surface area contributed by atoms with Crippen LogP contribution < -0.4 is 17.2 Å². The summed E-state index contributed by atoms with van der Waals surface area (Å²) in [7, 11) is 0. The first-order valence-electron chi connectivity index (χ1n) is 6.72. The van der Waals surface area contributed by atoms with E-state index in [1.54, 1.807) is 6.07 Å². The van der Waals surface area contributed by atoms with Crippen LogP contribution in [0.25, 0.3) is 0 Å². The van der Waals surface area contributed by atoms with E-state index in [1.807, 2.05) is 12.1 Å². The van der Waals surface area contributed by atoms with Crippen LogP contribution in [0, 0.1) is 11.7 Å². The number of hydrogen-bond acceptors (Lipinski definition) is 1. The van der Waals surface area contributed by atoms with Crippen LogP contribution >= 0.6 is 12.4 Å². The van der Waals surface area contributed by atoms with E-state index >= 15 is 0 Å². The van der Waals surface area contributed by atoms with Crippen molar-refractivity contribution in [3.63, 3.8) is 0 Å². The van der Waals surface area contributed by atoms with Crippen molar-refractivity contribution < 1.29 is 4.39 Å². The lowest BCUT2D eigenvalue weighted by Crippen LogP contribution is -2.27. The van der Waals surface area contributed by atoms with Gasteiger partial charge >= 0.3 is 0 Å². The zero-order valence-corrected chi connectivity index (χ0v) is 12.5. The molecule has 6 N–H and O–H groups in total. The van der Waals surface area contributed by atoms with Gasteiger partial charge in [0.1, 0.15) is 5.82 Å². The Morgan fingerprint density at radius 1 is 1.19 bits per heavy atom. The topological polar surface area (TPSA) is 103 Å². The third-order valence-corrected chi connectivity index (χ3v) is 3.60. The van der Waals surface area contributed by atoms with Gasteiger partial charge < -0.3 is 17.2 Å². The maximum absolute atomic E-state index is 13.7. The number of nitrogens with zero attached hydrogens (tertiary/aromatic N) is 2. The SMILES string of the molecule is Cl.NC(N)=NC(N)=NC1CCCC1Cc1ccccc1F. The molecule has 0 radical (unpaired) electrons. The summed E-state index contributed by atoms with van der Waals surface area (Å²) in [5.74, 6) is 0.101. The van der Waals surface area contributed by atoms with E-state index in [0.29, 0.717) is 6.42 Å². The lowest BCUT2D eigenvalue weighted by atomic mass is 9.94. The summed E-state index contributed by atoms with van der Waals surface area (Å²) in [6, 6.07) is 6.89. The molecule has 1 fully saturated rings. The van der Waals surface area contributed by atoms with Crippen molar-refractivity contribution in [2.45, 2.75) is 31.7 Å². The smallest absolute Gasteiger partial charge is 0.218 e. The third-order valence-electron chi connectivity index (χ3n) is 3.60. The molecule has 2 atom stereocenters. The number of benzene rings is 1. The lowest BCUT2D eigenvalue weighted by Gasteiger charge is -2.16. The molecule has 0 amide bonds. The molecule has 0 heterocycles. The van der Waals surface area contributed by atoms with Crippen LogP contribution in [0.4, 0.5) is 4.39 Å². The minimum atomic E-state index is -0.167. The molecule has 0 aliphatic heterocycles. The molecule has 0 saturated heterocycles. The second-order valence-corrected chi connectivity index (χ2v) is 5.08. The van der Waals surface area contributed by atoms with Crippen LogP contribution in [0.1, 0.15) is 24.8 Å². The summed E-state index contributed by atoms with van der Waals surface area (Å²) in [5, 5.41) is 0. The number of nitrogens with two attached hydrogens (primary N) is 3. The number of hydrogen-bond donors (Lipinski definition) is 3. The predicted octanol–water partition coefficient (Wildman–Crippen LogP) is 1.55. The first kappa shape index (κ1) is 17.2. The predicted molar refractivity (Wildman–Crippen MR) is 85.9 cm³/mol. The van der Waals surface area contributed by atoms with Crippen molar-refractivity contribution in [1.29, 1.82) is 0 Å². The molecule has 2 unspecified atom stereocenters. The van der Waals surface area contributed by atoms with Gasteiger partial charge in [0, 0.05) is 0 Å². The summed E-state index contributed by atoms with van der Waals surface area (Å²) < 4.78 is 13.7. The molecule has 0 bridgehead atoms. The first-order chi connectivity index (χ1) is 9.56. The minimum absolute atomic E-state index is 0. The van der Waals surface area contributed by atoms with Gasteiger partial charge in [0.2, 0.25) is 5.96 Å². The first-order valence-corrected chi connectivity index (χ1v) is 6.72. The highest BCUT2D eigenvalue weighted by atomic mass is 35.5. The summed E-state index contributed by atoms with van der Waals surface area (Å²) >= 11 is 0. The van der Waals surface area contributed by atoms with E-state index in [4.69, 9.17) is 17.2 Å². The molecule has 1 aliphatic carbocycles. The van der Waals surface area contributed by atoms with Crippen molar-refractivity contribution >= 4 is 24.3 Å². The van der Waals surface area contributed by atoms with E-state index in [-0.39, 0.29) is 42.1 Å². The molecular formula is C14H21ClFN5. The van der Waals surface area contributed by atoms with Gasteiger partial charge in [-0.15, -0.1) is 12.4 Å². The van der Waals surface area contributed by atoms with Gasteiger partial charge in [0.25, 0.3) is 0 Å². The molecule has 7 heteroatoms. The van der Waals surface area contributed by atoms with Crippen LogP contribution in [0.5, 0.6) is 0 Å². The average molecular weight is 314 g/mol. The normalized spacial score (nSPS) is 21.7. The van der Waals surface area contributed by atoms with Crippen LogP contribution in [-0.2, 0) is 6.42 Å². The zero-order valence-electron chi connectivity index (χ0n) is 11.7. The van der Waals surface area contributed by atoms with Crippen LogP contribution in [-0.4, -0.2) is 18.0 Å². The molecule has 0 spiro atoms. The fourth-order valence-electron chi connectivity index (χ4n) is 2.70. The van der Waals surface area contributed by atoms with Gasteiger partial charge in [-0.25, -0.2) is 9.38 Å². The van der Waals surface area contributed by atoms with Crippen molar-refractivity contribution in [3.8, 4) is 0 Å². The van der Waals surface area contributed by atoms with E-state index in [9.17, 15) is 4.39 Å². The Bertz CT molecular complexity index is 528. The maximum atomic E-state index is 13.7. The van der Waals surface area contributed by atoms with Crippen molar-refractivity contribution in [2.75, 3.05) is 0 Å². The quantitative estimate of drug-likeness (QED) is 0.582. The van der Waals surface area contributed by atoms with E-state index < -0.39 is 0 Å². The Hall–Kier alpha value is -1.82. The van der Waals surface area contributed by atoms with Gasteiger partial charge in [-0.05, 0) is 36.8 Å². The van der Waals surface area contributed by atoms with Crippen molar-refractivity contribution in [1.82, 2.24) is 0 Å². The zero-order chi connectivity index (χ0) is 14.5. The van der Waals surface area contributed by atoms with Crippen LogP contribution in [0.3, 0.4) is 0 Å². The summed E-state index contributed by atoms with van der Waals surface area (Å²) in [6.45, 7) is 0. The van der Waals surface area contributed by atoms with E-state index in [2.05, 4.69) is 9.98 Å². The third kappa shape index (κ3) is 4.90. The number of halogens is 2. The lowest BCUT2D eigenvalue weighted by molar-refractivity contribution is 0.468. The summed E-state index contributed by atoms with van der Waals surface area (Å²) in [5.41, 5.74) is 16.9. The van der Waals surface area contributed by atoms with Crippen LogP contribution in [0.2, 0.25) is 0 Å². The van der Waals surface area contributed by atoms with Gasteiger partial charge in [-0.3, -0.25) is 0 Å². The average Bonchev–Trinajstić information content (AvgIpc) is 2.78. The fourth-order valence-corrected chi connectivity index (χ4v) is 2.70. The summed E-state index contributed by atoms with van der Waals surface area (Å²) in [4.78, 5) is 8.07.